The van der Waals surface area contributed by atoms with Crippen LogP contribution in [0.25, 0.3) is 0 Å². The van der Waals surface area contributed by atoms with Gasteiger partial charge in [-0.05, 0) is 55.4 Å². The van der Waals surface area contributed by atoms with Crippen molar-refractivity contribution < 1.29 is 34.7 Å². The van der Waals surface area contributed by atoms with Gasteiger partial charge >= 0.3 is 6.18 Å². The fraction of sp³-hybridized carbons (Fsp3) is 0.400. The molecule has 12 heteroatoms. The van der Waals surface area contributed by atoms with Crippen molar-refractivity contribution in [3.05, 3.63) is 54.1 Å². The molecule has 2 aromatic rings. The van der Waals surface area contributed by atoms with E-state index in [1.165, 1.54) is 30.3 Å². The monoisotopic (exact) mass is 492 g/mol. The molecular formula is C20H23F3N2O5S2. The van der Waals surface area contributed by atoms with Crippen LogP contribution in [-0.2, 0) is 26.0 Å². The maximum absolute atomic E-state index is 12.8. The molecule has 1 aliphatic heterocycles. The summed E-state index contributed by atoms with van der Waals surface area (Å²) in [6, 6.07) is 9.18. The largest absolute Gasteiger partial charge is 0.489 e. The Morgan fingerprint density at radius 3 is 2.31 bits per heavy atom. The van der Waals surface area contributed by atoms with Crippen molar-refractivity contribution in [2.24, 2.45) is 5.92 Å². The van der Waals surface area contributed by atoms with Gasteiger partial charge in [-0.25, -0.2) is 21.6 Å². The maximum Gasteiger partial charge on any atom is 0.416 e. The van der Waals surface area contributed by atoms with Crippen molar-refractivity contribution in [2.45, 2.75) is 28.5 Å². The number of alkyl halides is 3. The van der Waals surface area contributed by atoms with Gasteiger partial charge in [0.1, 0.15) is 11.9 Å². The number of hydrogen-bond donors (Lipinski definition) is 2. The molecule has 1 fully saturated rings. The lowest BCUT2D eigenvalue weighted by atomic mass is 10.0. The number of halogens is 3. The van der Waals surface area contributed by atoms with E-state index in [0.29, 0.717) is 19.5 Å². The minimum absolute atomic E-state index is 0.0673. The van der Waals surface area contributed by atoms with Crippen LogP contribution in [0.4, 0.5) is 13.2 Å². The zero-order valence-corrected chi connectivity index (χ0v) is 18.7. The summed E-state index contributed by atoms with van der Waals surface area (Å²) >= 11 is 0. The highest BCUT2D eigenvalue weighted by Gasteiger charge is 2.31. The van der Waals surface area contributed by atoms with E-state index in [1.807, 2.05) is 0 Å². The normalized spacial score (nSPS) is 18.4. The Balaban J connectivity index is 1.76. The number of ether oxygens (including phenoxy) is 1. The van der Waals surface area contributed by atoms with E-state index < -0.39 is 37.7 Å². The van der Waals surface area contributed by atoms with Crippen molar-refractivity contribution in [1.29, 1.82) is 0 Å². The summed E-state index contributed by atoms with van der Waals surface area (Å²) in [6.07, 6.45) is -3.43. The predicted octanol–water partition coefficient (Wildman–Crippen LogP) is 2.44. The van der Waals surface area contributed by atoms with E-state index in [4.69, 9.17) is 4.74 Å². The Hall–Kier alpha value is -2.15. The van der Waals surface area contributed by atoms with E-state index in [0.717, 1.165) is 24.5 Å². The molecule has 1 heterocycles. The summed E-state index contributed by atoms with van der Waals surface area (Å²) < 4.78 is 95.5. The molecule has 0 saturated carbocycles. The van der Waals surface area contributed by atoms with Gasteiger partial charge in [-0.15, -0.1) is 0 Å². The number of benzene rings is 2. The van der Waals surface area contributed by atoms with E-state index >= 15 is 0 Å². The minimum atomic E-state index is -4.47. The van der Waals surface area contributed by atoms with E-state index in [9.17, 15) is 30.0 Å². The first kappa shape index (κ1) is 24.5. The average Bonchev–Trinajstić information content (AvgIpc) is 3.25. The molecule has 7 nitrogen and oxygen atoms in total. The van der Waals surface area contributed by atoms with E-state index in [2.05, 4.69) is 10.0 Å². The molecule has 2 atom stereocenters. The summed E-state index contributed by atoms with van der Waals surface area (Å²) in [4.78, 5) is -0.337. The van der Waals surface area contributed by atoms with Gasteiger partial charge in [0.15, 0.2) is 9.84 Å². The zero-order valence-electron chi connectivity index (χ0n) is 17.1. The summed E-state index contributed by atoms with van der Waals surface area (Å²) in [5, 5.41) is 3.15. The third-order valence-corrected chi connectivity index (χ3v) is 7.64. The Morgan fingerprint density at radius 1 is 1.09 bits per heavy atom. The Kier molecular flexibility index (Phi) is 7.18. The second kappa shape index (κ2) is 9.38. The molecule has 0 radical (unpaired) electrons. The second-order valence-corrected chi connectivity index (χ2v) is 11.3. The van der Waals surface area contributed by atoms with Crippen LogP contribution in [0.1, 0.15) is 12.0 Å². The molecule has 1 unspecified atom stereocenters. The number of rotatable bonds is 8. The number of nitrogens with one attached hydrogen (secondary N) is 2. The number of hydrogen-bond acceptors (Lipinski definition) is 6. The molecule has 0 aromatic heterocycles. The van der Waals surface area contributed by atoms with Gasteiger partial charge < -0.3 is 10.1 Å². The summed E-state index contributed by atoms with van der Waals surface area (Å²) in [5.74, 6) is 0.121. The number of sulfone groups is 1. The van der Waals surface area contributed by atoms with Crippen molar-refractivity contribution in [3.8, 4) is 5.75 Å². The summed E-state index contributed by atoms with van der Waals surface area (Å²) in [5.41, 5.74) is -0.810. The highest BCUT2D eigenvalue weighted by atomic mass is 32.2. The van der Waals surface area contributed by atoms with E-state index in [-0.39, 0.29) is 28.0 Å². The Morgan fingerprint density at radius 2 is 1.75 bits per heavy atom. The van der Waals surface area contributed by atoms with Gasteiger partial charge in [0.25, 0.3) is 0 Å². The third kappa shape index (κ3) is 6.21. The SMILES string of the molecule is CS(=O)(=O)c1cccc(S(=O)(=O)NC[C@@H](Oc2ccc(C(F)(F)F)cc2)C2CCNC2)c1. The summed E-state index contributed by atoms with van der Waals surface area (Å²) in [7, 11) is -7.64. The summed E-state index contributed by atoms with van der Waals surface area (Å²) in [6.45, 7) is 1.14. The maximum atomic E-state index is 12.8. The smallest absolute Gasteiger partial charge is 0.416 e. The first-order valence-corrected chi connectivity index (χ1v) is 13.1. The molecule has 0 amide bonds. The van der Waals surface area contributed by atoms with Crippen LogP contribution in [0, 0.1) is 5.92 Å². The van der Waals surface area contributed by atoms with Crippen LogP contribution in [0.2, 0.25) is 0 Å². The van der Waals surface area contributed by atoms with Crippen LogP contribution in [0.3, 0.4) is 0 Å². The first-order chi connectivity index (χ1) is 14.9. The van der Waals surface area contributed by atoms with Gasteiger partial charge in [-0.2, -0.15) is 13.2 Å². The molecular weight excluding hydrogens is 469 g/mol. The zero-order chi connectivity index (χ0) is 23.6. The van der Waals surface area contributed by atoms with Crippen molar-refractivity contribution in [3.63, 3.8) is 0 Å². The molecule has 1 aliphatic rings. The van der Waals surface area contributed by atoms with Crippen molar-refractivity contribution in [1.82, 2.24) is 10.0 Å². The highest BCUT2D eigenvalue weighted by molar-refractivity contribution is 7.91. The lowest BCUT2D eigenvalue weighted by Crippen LogP contribution is -2.40. The Bertz CT molecular complexity index is 1140. The van der Waals surface area contributed by atoms with Gasteiger partial charge in [0, 0.05) is 25.3 Å². The first-order valence-electron chi connectivity index (χ1n) is 9.71. The fourth-order valence-corrected chi connectivity index (χ4v) is 5.17. The second-order valence-electron chi connectivity index (χ2n) is 7.53. The molecule has 0 bridgehead atoms. The molecule has 1 saturated heterocycles. The van der Waals surface area contributed by atoms with Crippen LogP contribution in [0.15, 0.2) is 58.3 Å². The van der Waals surface area contributed by atoms with Gasteiger partial charge in [0.05, 0.1) is 15.4 Å². The van der Waals surface area contributed by atoms with Crippen LogP contribution in [-0.4, -0.2) is 48.8 Å². The molecule has 3 rings (SSSR count). The van der Waals surface area contributed by atoms with Gasteiger partial charge in [-0.1, -0.05) is 6.07 Å². The fourth-order valence-electron chi connectivity index (χ4n) is 3.34. The molecule has 32 heavy (non-hydrogen) atoms. The molecule has 2 aromatic carbocycles. The van der Waals surface area contributed by atoms with Crippen LogP contribution in [0.5, 0.6) is 5.75 Å². The third-order valence-electron chi connectivity index (χ3n) is 5.11. The lowest BCUT2D eigenvalue weighted by molar-refractivity contribution is -0.137. The highest BCUT2D eigenvalue weighted by Crippen LogP contribution is 2.31. The topological polar surface area (TPSA) is 102 Å². The molecule has 0 spiro atoms. The Labute approximate surface area is 184 Å². The van der Waals surface area contributed by atoms with Crippen molar-refractivity contribution >= 4 is 19.9 Å². The van der Waals surface area contributed by atoms with Gasteiger partial charge in [-0.3, -0.25) is 0 Å². The minimum Gasteiger partial charge on any atom is -0.489 e. The van der Waals surface area contributed by atoms with Crippen LogP contribution < -0.4 is 14.8 Å². The number of sulfonamides is 1. The molecule has 2 N–H and O–H groups in total. The van der Waals surface area contributed by atoms with Crippen LogP contribution >= 0.6 is 0 Å². The predicted molar refractivity (Wildman–Crippen MR) is 112 cm³/mol. The molecule has 0 aliphatic carbocycles. The lowest BCUT2D eigenvalue weighted by Gasteiger charge is -2.25. The van der Waals surface area contributed by atoms with Gasteiger partial charge in [0.2, 0.25) is 10.0 Å². The average molecular weight is 493 g/mol. The van der Waals surface area contributed by atoms with E-state index in [1.54, 1.807) is 0 Å². The standard InChI is InChI=1S/C20H23F3N2O5S2/c1-31(26,27)17-3-2-4-18(11-17)32(28,29)25-13-19(14-9-10-24-12-14)30-16-7-5-15(6-8-16)20(21,22)23/h2-8,11,14,19,24-25H,9-10,12-13H2,1H3/t14?,19-/m1/s1. The van der Waals surface area contributed by atoms with Crippen molar-refractivity contribution in [2.75, 3.05) is 25.9 Å². The quantitative estimate of drug-likeness (QED) is 0.587. The molecule has 176 valence electrons.